The lowest BCUT2D eigenvalue weighted by molar-refractivity contribution is -0.405. The second-order valence-corrected chi connectivity index (χ2v) is 26.4. The summed E-state index contributed by atoms with van der Waals surface area (Å²) in [6.07, 6.45) is -51.7. The first-order valence-electron chi connectivity index (χ1n) is 30.4. The van der Waals surface area contributed by atoms with Crippen molar-refractivity contribution in [3.05, 3.63) is 12.2 Å². The Morgan fingerprint density at radius 3 is 1.20 bits per heavy atom. The molecule has 4 aliphatic carbocycles. The molecule has 0 radical (unpaired) electrons. The number of aliphatic hydroxyl groups excluding tert-OH is 20. The SMILES string of the molecule is C=C1C[C@@]23CCC4[C@](C)(C(=O)OC5OC(CO)C(O)C(O)C5OC5OC(CO)C(O)C(O)C5OC5OC(CO)C(O)C(O)C5OC5OC(CO)C(O)C(O)C5O)CCC[C@@]4(C)[C@@H]2CCC1(OC1OC(CO)C(O)C(O)C1OC1OC(CO)C(O)C(O)C1O)C3. The number of ether oxygens (including phenoxy) is 12. The number of hydrogen-bond donors (Lipinski definition) is 20. The van der Waals surface area contributed by atoms with Crippen LogP contribution in [0.5, 0.6) is 0 Å². The Labute approximate surface area is 509 Å². The molecule has 2 bridgehead atoms. The Bertz CT molecular complexity index is 2400. The highest BCUT2D eigenvalue weighted by Crippen LogP contribution is 2.74. The Balaban J connectivity index is 0.879. The predicted molar refractivity (Wildman–Crippen MR) is 284 cm³/mol. The van der Waals surface area contributed by atoms with Crippen molar-refractivity contribution in [3.63, 3.8) is 0 Å². The molecule has 0 aromatic heterocycles. The van der Waals surface area contributed by atoms with E-state index >= 15 is 4.79 Å². The molecule has 33 nitrogen and oxygen atoms in total. The van der Waals surface area contributed by atoms with E-state index in [-0.39, 0.29) is 5.92 Å². The third-order valence-corrected chi connectivity index (χ3v) is 21.3. The van der Waals surface area contributed by atoms with Gasteiger partial charge in [-0.3, -0.25) is 4.79 Å². The Morgan fingerprint density at radius 2 is 0.775 bits per heavy atom. The summed E-state index contributed by atoms with van der Waals surface area (Å²) in [4.78, 5) is 15.3. The maximum absolute atomic E-state index is 15.3. The van der Waals surface area contributed by atoms with Crippen molar-refractivity contribution in [2.45, 2.75) is 261 Å². The van der Waals surface area contributed by atoms with E-state index in [1.54, 1.807) is 6.92 Å². The molecule has 0 aromatic rings. The number of aliphatic hydroxyl groups is 20. The number of fused-ring (bicyclic) bond motifs is 3. The maximum Gasteiger partial charge on any atom is 0.314 e. The molecule has 10 aliphatic rings. The number of rotatable bonds is 18. The lowest BCUT2D eigenvalue weighted by Crippen LogP contribution is -2.68. The summed E-state index contributed by atoms with van der Waals surface area (Å²) in [5, 5.41) is 215. The molecule has 1 spiro atoms. The van der Waals surface area contributed by atoms with Crippen LogP contribution in [0.4, 0.5) is 0 Å². The molecule has 10 rings (SSSR count). The molecule has 89 heavy (non-hydrogen) atoms. The average molecular weight is 1290 g/mol. The van der Waals surface area contributed by atoms with Crippen LogP contribution in [0.3, 0.4) is 0 Å². The van der Waals surface area contributed by atoms with Crippen LogP contribution < -0.4 is 0 Å². The smallest absolute Gasteiger partial charge is 0.314 e. The molecule has 6 aliphatic heterocycles. The van der Waals surface area contributed by atoms with Crippen LogP contribution in [0.1, 0.15) is 71.6 Å². The van der Waals surface area contributed by atoms with Gasteiger partial charge in [0.25, 0.3) is 0 Å². The van der Waals surface area contributed by atoms with Gasteiger partial charge in [0.1, 0.15) is 140 Å². The molecule has 4 saturated carbocycles. The summed E-state index contributed by atoms with van der Waals surface area (Å²) in [5.74, 6) is -1.32. The van der Waals surface area contributed by atoms with Crippen molar-refractivity contribution in [3.8, 4) is 0 Å². The van der Waals surface area contributed by atoms with Gasteiger partial charge in [-0.2, -0.15) is 0 Å². The third-order valence-electron chi connectivity index (χ3n) is 21.3. The molecule has 6 heterocycles. The van der Waals surface area contributed by atoms with E-state index in [0.29, 0.717) is 63.4 Å². The molecule has 0 amide bonds. The first kappa shape index (κ1) is 69.8. The van der Waals surface area contributed by atoms with Crippen molar-refractivity contribution >= 4 is 5.97 Å². The quantitative estimate of drug-likeness (QED) is 0.0344. The minimum absolute atomic E-state index is 0.0880. The fourth-order valence-corrected chi connectivity index (χ4v) is 16.4. The first-order valence-corrected chi connectivity index (χ1v) is 30.4. The zero-order valence-electron chi connectivity index (χ0n) is 49.0. The zero-order valence-corrected chi connectivity index (χ0v) is 49.0. The third kappa shape index (κ3) is 12.3. The molecule has 6 saturated heterocycles. The van der Waals surface area contributed by atoms with Crippen LogP contribution in [-0.2, 0) is 61.6 Å². The largest absolute Gasteiger partial charge is 0.432 e. The van der Waals surface area contributed by atoms with E-state index < -0.39 is 258 Å². The molecule has 36 atom stereocenters. The molecule has 20 N–H and O–H groups in total. The van der Waals surface area contributed by atoms with E-state index in [1.165, 1.54) is 0 Å². The van der Waals surface area contributed by atoms with Crippen LogP contribution in [-0.4, -0.2) is 338 Å². The second-order valence-electron chi connectivity index (χ2n) is 26.4. The van der Waals surface area contributed by atoms with Crippen molar-refractivity contribution in [2.24, 2.45) is 28.1 Å². The molecular weight excluding hydrogens is 1200 g/mol. The summed E-state index contributed by atoms with van der Waals surface area (Å²) in [6.45, 7) is 3.04. The first-order chi connectivity index (χ1) is 42.1. The second kappa shape index (κ2) is 27.2. The minimum Gasteiger partial charge on any atom is -0.432 e. The summed E-state index contributed by atoms with van der Waals surface area (Å²) in [5.41, 5.74) is -2.85. The number of hydrogen-bond acceptors (Lipinski definition) is 33. The number of carbonyl (C=O) groups is 1. The van der Waals surface area contributed by atoms with Gasteiger partial charge in [-0.05, 0) is 86.5 Å². The normalized spacial score (nSPS) is 54.5. The van der Waals surface area contributed by atoms with Crippen molar-refractivity contribution < 1.29 is 164 Å². The number of carbonyl (C=O) groups excluding carboxylic acids is 1. The lowest BCUT2D eigenvalue weighted by Gasteiger charge is -2.64. The van der Waals surface area contributed by atoms with E-state index in [1.807, 2.05) is 0 Å². The molecular formula is C56H90O33. The highest BCUT2D eigenvalue weighted by atomic mass is 16.8. The molecule has 512 valence electrons. The van der Waals surface area contributed by atoms with Gasteiger partial charge in [0.05, 0.1) is 50.7 Å². The number of esters is 1. The van der Waals surface area contributed by atoms with E-state index in [0.717, 1.165) is 0 Å². The van der Waals surface area contributed by atoms with Crippen LogP contribution in [0, 0.1) is 28.1 Å². The summed E-state index contributed by atoms with van der Waals surface area (Å²) < 4.78 is 71.9. The van der Waals surface area contributed by atoms with Gasteiger partial charge in [-0.15, -0.1) is 0 Å². The van der Waals surface area contributed by atoms with Crippen LogP contribution in [0.2, 0.25) is 0 Å². The molecule has 10 fully saturated rings. The Kier molecular flexibility index (Phi) is 21.4. The van der Waals surface area contributed by atoms with Gasteiger partial charge in [0, 0.05) is 0 Å². The van der Waals surface area contributed by atoms with Crippen LogP contribution >= 0.6 is 0 Å². The van der Waals surface area contributed by atoms with E-state index in [9.17, 15) is 102 Å². The average Bonchev–Trinajstić information content (AvgIpc) is 1.72. The van der Waals surface area contributed by atoms with Crippen molar-refractivity contribution in [1.82, 2.24) is 0 Å². The van der Waals surface area contributed by atoms with Gasteiger partial charge in [-0.25, -0.2) is 0 Å². The van der Waals surface area contributed by atoms with Gasteiger partial charge in [-0.1, -0.05) is 19.9 Å². The minimum atomic E-state index is -2.17. The topological polar surface area (TPSA) is 532 Å². The maximum atomic E-state index is 15.3. The van der Waals surface area contributed by atoms with E-state index in [2.05, 4.69) is 13.5 Å². The molecule has 0 aromatic carbocycles. The van der Waals surface area contributed by atoms with Gasteiger partial charge in [0.15, 0.2) is 37.6 Å². The Hall–Kier alpha value is -2.03. The summed E-state index contributed by atoms with van der Waals surface area (Å²) in [6, 6.07) is 0. The highest BCUT2D eigenvalue weighted by molar-refractivity contribution is 5.77. The fraction of sp³-hybridized carbons (Fsp3) is 0.946. The molecule has 33 heteroatoms. The zero-order chi connectivity index (χ0) is 64.7. The van der Waals surface area contributed by atoms with Crippen LogP contribution in [0.15, 0.2) is 12.2 Å². The van der Waals surface area contributed by atoms with Gasteiger partial charge in [0.2, 0.25) is 6.29 Å². The van der Waals surface area contributed by atoms with Gasteiger partial charge >= 0.3 is 5.97 Å². The Morgan fingerprint density at radius 1 is 0.427 bits per heavy atom. The monoisotopic (exact) mass is 1290 g/mol. The van der Waals surface area contributed by atoms with E-state index in [4.69, 9.17) is 56.8 Å². The lowest BCUT2D eigenvalue weighted by atomic mass is 9.41. The van der Waals surface area contributed by atoms with Gasteiger partial charge < -0.3 is 159 Å². The highest BCUT2D eigenvalue weighted by Gasteiger charge is 2.70. The van der Waals surface area contributed by atoms with Crippen molar-refractivity contribution in [1.29, 1.82) is 0 Å². The van der Waals surface area contributed by atoms with Crippen molar-refractivity contribution in [2.75, 3.05) is 39.6 Å². The summed E-state index contributed by atoms with van der Waals surface area (Å²) in [7, 11) is 0. The molecule has 32 unspecified atom stereocenters. The van der Waals surface area contributed by atoms with Crippen LogP contribution in [0.25, 0.3) is 0 Å². The predicted octanol–water partition coefficient (Wildman–Crippen LogP) is -9.47. The fourth-order valence-electron chi connectivity index (χ4n) is 16.4. The standard InChI is InChI=1S/C56H90O33/c1-19-11-55-9-5-26-53(2,27(55)6-10-56(19,18-55)89-51-45(39(74)33(68)25(17-62)83-51)85-47-41(76)35(70)29(64)21(13-58)79-47)7-4-8-54(26,3)52(77)88-50-44(38(73)32(67)24(16-61)82-50)87-49-43(37(72)31(66)23(15-60)81-49)86-48-42(36(71)30(65)22(14-59)80-48)84-46-40(75)34(69)28(63)20(12-57)78-46/h20-51,57-76H,1,4-18H2,2-3H3/t20?,21?,22?,23?,24?,25?,26?,27-,28?,29?,30?,31?,32?,33?,34?,35?,36?,37?,38?,39?,40?,41?,42?,43?,44?,45?,46?,47?,48?,49?,50?,51?,53+,54+,55+,56?/m0/s1. The summed E-state index contributed by atoms with van der Waals surface area (Å²) >= 11 is 0.